The van der Waals surface area contributed by atoms with E-state index in [1.807, 2.05) is 13.0 Å². The van der Waals surface area contributed by atoms with Crippen molar-refractivity contribution in [1.29, 1.82) is 0 Å². The standard InChI is InChI=1S/C21H23N3O5S/c1-5-29-18(26)16-12(2)13(3)30-17(16)22-15(25)11-24-19(27)21(4,23-20(24)28)14-9-7-6-8-10-14/h6-10H,5,11H2,1-4H3,(H,22,25)(H,23,28)/t21-/m0/s1. The zero-order chi connectivity index (χ0) is 22.1. The number of anilines is 1. The van der Waals surface area contributed by atoms with Gasteiger partial charge in [0.1, 0.15) is 17.1 Å². The molecule has 0 bridgehead atoms. The lowest BCUT2D eigenvalue weighted by molar-refractivity contribution is -0.133. The summed E-state index contributed by atoms with van der Waals surface area (Å²) in [6.07, 6.45) is 0. The molecule has 0 radical (unpaired) electrons. The molecule has 1 atom stereocenters. The van der Waals surface area contributed by atoms with E-state index in [1.54, 1.807) is 45.0 Å². The van der Waals surface area contributed by atoms with E-state index in [9.17, 15) is 19.2 Å². The fourth-order valence-electron chi connectivity index (χ4n) is 3.28. The second-order valence-electron chi connectivity index (χ2n) is 7.07. The quantitative estimate of drug-likeness (QED) is 0.543. The number of benzene rings is 1. The highest BCUT2D eigenvalue weighted by Crippen LogP contribution is 2.33. The number of nitrogens with zero attached hydrogens (tertiary/aromatic N) is 1. The van der Waals surface area contributed by atoms with Crippen molar-refractivity contribution in [1.82, 2.24) is 10.2 Å². The van der Waals surface area contributed by atoms with Gasteiger partial charge >= 0.3 is 12.0 Å². The van der Waals surface area contributed by atoms with Gasteiger partial charge in [-0.3, -0.25) is 14.5 Å². The van der Waals surface area contributed by atoms with Crippen LogP contribution in [-0.4, -0.2) is 41.9 Å². The number of urea groups is 1. The molecule has 2 N–H and O–H groups in total. The molecule has 158 valence electrons. The van der Waals surface area contributed by atoms with E-state index in [-0.39, 0.29) is 6.61 Å². The summed E-state index contributed by atoms with van der Waals surface area (Å²) in [7, 11) is 0. The van der Waals surface area contributed by atoms with Crippen LogP contribution in [0.25, 0.3) is 0 Å². The van der Waals surface area contributed by atoms with Gasteiger partial charge in [-0.15, -0.1) is 11.3 Å². The molecule has 30 heavy (non-hydrogen) atoms. The number of amides is 4. The minimum atomic E-state index is -1.25. The van der Waals surface area contributed by atoms with Gasteiger partial charge < -0.3 is 15.4 Å². The first-order chi connectivity index (χ1) is 14.2. The molecule has 1 aliphatic rings. The molecule has 4 amide bonds. The maximum Gasteiger partial charge on any atom is 0.341 e. The summed E-state index contributed by atoms with van der Waals surface area (Å²) in [5.74, 6) is -1.62. The lowest BCUT2D eigenvalue weighted by Crippen LogP contribution is -2.42. The largest absolute Gasteiger partial charge is 0.462 e. The normalized spacial score (nSPS) is 18.3. The van der Waals surface area contributed by atoms with Crippen LogP contribution in [0.5, 0.6) is 0 Å². The summed E-state index contributed by atoms with van der Waals surface area (Å²) in [5, 5.41) is 5.65. The van der Waals surface area contributed by atoms with Crippen LogP contribution < -0.4 is 10.6 Å². The van der Waals surface area contributed by atoms with Gasteiger partial charge in [0.25, 0.3) is 5.91 Å². The third kappa shape index (κ3) is 3.80. The van der Waals surface area contributed by atoms with Crippen LogP contribution in [0.1, 0.15) is 40.2 Å². The summed E-state index contributed by atoms with van der Waals surface area (Å²) in [4.78, 5) is 52.0. The molecule has 1 aliphatic heterocycles. The highest BCUT2D eigenvalue weighted by atomic mass is 32.1. The van der Waals surface area contributed by atoms with Crippen molar-refractivity contribution in [2.75, 3.05) is 18.5 Å². The Balaban J connectivity index is 1.78. The van der Waals surface area contributed by atoms with Crippen LogP contribution in [-0.2, 0) is 19.9 Å². The SMILES string of the molecule is CCOC(=O)c1c(NC(=O)CN2C(=O)N[C@@](C)(c3ccccc3)C2=O)sc(C)c1C. The lowest BCUT2D eigenvalue weighted by atomic mass is 9.92. The van der Waals surface area contributed by atoms with Crippen LogP contribution in [0.4, 0.5) is 9.80 Å². The van der Waals surface area contributed by atoms with E-state index in [4.69, 9.17) is 4.74 Å². The smallest absolute Gasteiger partial charge is 0.341 e. The molecular formula is C21H23N3O5S. The molecule has 0 spiro atoms. The number of hydrogen-bond donors (Lipinski definition) is 2. The molecule has 2 aromatic rings. The Morgan fingerprint density at radius 2 is 1.87 bits per heavy atom. The van der Waals surface area contributed by atoms with Crippen molar-refractivity contribution < 1.29 is 23.9 Å². The maximum absolute atomic E-state index is 12.9. The van der Waals surface area contributed by atoms with E-state index >= 15 is 0 Å². The monoisotopic (exact) mass is 429 g/mol. The van der Waals surface area contributed by atoms with Gasteiger partial charge in [-0.1, -0.05) is 30.3 Å². The zero-order valence-electron chi connectivity index (χ0n) is 17.2. The predicted molar refractivity (Wildman–Crippen MR) is 112 cm³/mol. The molecule has 8 nitrogen and oxygen atoms in total. The summed E-state index contributed by atoms with van der Waals surface area (Å²) in [5.41, 5.74) is 0.393. The Bertz CT molecular complexity index is 1020. The van der Waals surface area contributed by atoms with Crippen molar-refractivity contribution >= 4 is 40.2 Å². The van der Waals surface area contributed by atoms with Crippen LogP contribution in [0.15, 0.2) is 30.3 Å². The first-order valence-corrected chi connectivity index (χ1v) is 10.3. The van der Waals surface area contributed by atoms with Gasteiger partial charge in [-0.2, -0.15) is 0 Å². The first-order valence-electron chi connectivity index (χ1n) is 9.45. The number of imide groups is 1. The van der Waals surface area contributed by atoms with E-state index in [0.29, 0.717) is 16.1 Å². The average molecular weight is 429 g/mol. The summed E-state index contributed by atoms with van der Waals surface area (Å²) in [6, 6.07) is 8.19. The van der Waals surface area contributed by atoms with Gasteiger partial charge in [0.15, 0.2) is 0 Å². The van der Waals surface area contributed by atoms with Gasteiger partial charge in [0.05, 0.1) is 12.2 Å². The highest BCUT2D eigenvalue weighted by Gasteiger charge is 2.49. The molecule has 2 heterocycles. The molecular weight excluding hydrogens is 406 g/mol. The fourth-order valence-corrected chi connectivity index (χ4v) is 4.35. The summed E-state index contributed by atoms with van der Waals surface area (Å²) in [6.45, 7) is 6.65. The number of hydrogen-bond acceptors (Lipinski definition) is 6. The molecule has 0 saturated carbocycles. The Hall–Kier alpha value is -3.20. The van der Waals surface area contributed by atoms with Gasteiger partial charge in [-0.25, -0.2) is 9.59 Å². The van der Waals surface area contributed by atoms with E-state index in [1.165, 1.54) is 11.3 Å². The average Bonchev–Trinajstić information content (AvgIpc) is 3.10. The molecule has 1 aromatic heterocycles. The third-order valence-electron chi connectivity index (χ3n) is 5.05. The number of thiophene rings is 1. The number of carbonyl (C=O) groups is 4. The zero-order valence-corrected chi connectivity index (χ0v) is 18.0. The minimum Gasteiger partial charge on any atom is -0.462 e. The van der Waals surface area contributed by atoms with Crippen LogP contribution in [0, 0.1) is 13.8 Å². The number of rotatable bonds is 6. The van der Waals surface area contributed by atoms with Crippen molar-refractivity contribution in [2.45, 2.75) is 33.2 Å². The van der Waals surface area contributed by atoms with E-state index in [2.05, 4.69) is 10.6 Å². The molecule has 1 fully saturated rings. The predicted octanol–water partition coefficient (Wildman–Crippen LogP) is 2.95. The van der Waals surface area contributed by atoms with Gasteiger partial charge in [0.2, 0.25) is 5.91 Å². The van der Waals surface area contributed by atoms with Crippen molar-refractivity contribution in [3.8, 4) is 0 Å². The molecule has 1 aromatic carbocycles. The molecule has 1 saturated heterocycles. The van der Waals surface area contributed by atoms with Crippen molar-refractivity contribution in [2.24, 2.45) is 0 Å². The summed E-state index contributed by atoms with van der Waals surface area (Å²) < 4.78 is 5.08. The summed E-state index contributed by atoms with van der Waals surface area (Å²) >= 11 is 1.24. The molecule has 0 unspecified atom stereocenters. The Kier molecular flexibility index (Phi) is 5.93. The van der Waals surface area contributed by atoms with Crippen LogP contribution in [0.2, 0.25) is 0 Å². The molecule has 3 rings (SSSR count). The number of esters is 1. The van der Waals surface area contributed by atoms with Crippen molar-refractivity contribution in [3.63, 3.8) is 0 Å². The number of nitrogens with one attached hydrogen (secondary N) is 2. The third-order valence-corrected chi connectivity index (χ3v) is 6.17. The van der Waals surface area contributed by atoms with Crippen molar-refractivity contribution in [3.05, 3.63) is 51.9 Å². The Morgan fingerprint density at radius 1 is 1.20 bits per heavy atom. The molecule has 9 heteroatoms. The fraction of sp³-hybridized carbons (Fsp3) is 0.333. The number of carbonyl (C=O) groups excluding carboxylic acids is 4. The topological polar surface area (TPSA) is 105 Å². The second kappa shape index (κ2) is 8.27. The van der Waals surface area contributed by atoms with Crippen LogP contribution >= 0.6 is 11.3 Å². The number of aryl methyl sites for hydroxylation is 1. The van der Waals surface area contributed by atoms with Crippen LogP contribution in [0.3, 0.4) is 0 Å². The lowest BCUT2D eigenvalue weighted by Gasteiger charge is -2.22. The maximum atomic E-state index is 12.9. The number of ether oxygens (including phenoxy) is 1. The van der Waals surface area contributed by atoms with Gasteiger partial charge in [-0.05, 0) is 38.8 Å². The van der Waals surface area contributed by atoms with Gasteiger partial charge in [0, 0.05) is 4.88 Å². The highest BCUT2D eigenvalue weighted by molar-refractivity contribution is 7.16. The first kappa shape index (κ1) is 21.5. The second-order valence-corrected chi connectivity index (χ2v) is 8.29. The van der Waals surface area contributed by atoms with E-state index in [0.717, 1.165) is 15.3 Å². The Morgan fingerprint density at radius 3 is 2.50 bits per heavy atom. The minimum absolute atomic E-state index is 0.209. The van der Waals surface area contributed by atoms with E-state index < -0.39 is 35.9 Å². The Labute approximate surface area is 178 Å². The molecule has 0 aliphatic carbocycles.